The van der Waals surface area contributed by atoms with Gasteiger partial charge in [0.25, 0.3) is 11.5 Å². The molecular weight excluding hydrogens is 406 g/mol. The van der Waals surface area contributed by atoms with Gasteiger partial charge in [0.15, 0.2) is 0 Å². The van der Waals surface area contributed by atoms with E-state index in [4.69, 9.17) is 4.74 Å². The van der Waals surface area contributed by atoms with Gasteiger partial charge in [0, 0.05) is 25.8 Å². The Bertz CT molecular complexity index is 1010. The second kappa shape index (κ2) is 10.0. The van der Waals surface area contributed by atoms with Crippen molar-refractivity contribution >= 4 is 12.0 Å². The van der Waals surface area contributed by atoms with Crippen molar-refractivity contribution in [3.8, 4) is 0 Å². The number of rotatable bonds is 5. The van der Waals surface area contributed by atoms with Crippen molar-refractivity contribution in [2.45, 2.75) is 52.7 Å². The van der Waals surface area contributed by atoms with E-state index in [1.165, 1.54) is 0 Å². The molecule has 1 N–H and O–H groups in total. The lowest BCUT2D eigenvalue weighted by molar-refractivity contribution is 0.0500. The van der Waals surface area contributed by atoms with Crippen LogP contribution >= 0.6 is 0 Å². The molecule has 2 amide bonds. The van der Waals surface area contributed by atoms with E-state index in [0.717, 1.165) is 24.0 Å². The maximum Gasteiger partial charge on any atom is 0.407 e. The quantitative estimate of drug-likeness (QED) is 0.772. The summed E-state index contributed by atoms with van der Waals surface area (Å²) < 4.78 is 6.85. The highest BCUT2D eigenvalue weighted by atomic mass is 16.6. The molecule has 0 aliphatic carbocycles. The molecule has 3 rings (SSSR count). The predicted molar refractivity (Wildman–Crippen MR) is 124 cm³/mol. The average molecular weight is 440 g/mol. The first-order valence-corrected chi connectivity index (χ1v) is 11.1. The molecule has 0 atom stereocenters. The highest BCUT2D eigenvalue weighted by Gasteiger charge is 2.26. The van der Waals surface area contributed by atoms with Gasteiger partial charge in [0.05, 0.1) is 6.54 Å². The van der Waals surface area contributed by atoms with Crippen LogP contribution in [0.5, 0.6) is 0 Å². The lowest BCUT2D eigenvalue weighted by Gasteiger charge is -2.32. The summed E-state index contributed by atoms with van der Waals surface area (Å²) in [4.78, 5) is 39.6. The van der Waals surface area contributed by atoms with Crippen LogP contribution in [0.1, 0.15) is 55.1 Å². The van der Waals surface area contributed by atoms with Gasteiger partial charge in [0.2, 0.25) is 0 Å². The van der Waals surface area contributed by atoms with Gasteiger partial charge in [-0.3, -0.25) is 9.59 Å². The van der Waals surface area contributed by atoms with E-state index >= 15 is 0 Å². The summed E-state index contributed by atoms with van der Waals surface area (Å²) in [6.45, 7) is 9.57. The van der Waals surface area contributed by atoms with Crippen LogP contribution in [0, 0.1) is 12.8 Å². The van der Waals surface area contributed by atoms with Crippen LogP contribution in [0.15, 0.2) is 47.4 Å². The average Bonchev–Trinajstić information content (AvgIpc) is 2.72. The minimum Gasteiger partial charge on any atom is -0.444 e. The van der Waals surface area contributed by atoms with Crippen LogP contribution in [0.3, 0.4) is 0 Å². The molecule has 2 heterocycles. The summed E-state index contributed by atoms with van der Waals surface area (Å²) in [7, 11) is 0. The summed E-state index contributed by atoms with van der Waals surface area (Å²) >= 11 is 0. The number of carbonyl (C=O) groups excluding carboxylic acids is 2. The number of aryl methyl sites for hydroxylation is 1. The zero-order valence-electron chi connectivity index (χ0n) is 19.4. The van der Waals surface area contributed by atoms with Crippen LogP contribution in [-0.2, 0) is 11.3 Å². The van der Waals surface area contributed by atoms with Gasteiger partial charge in [0.1, 0.15) is 11.2 Å². The van der Waals surface area contributed by atoms with Gasteiger partial charge in [-0.1, -0.05) is 29.8 Å². The first-order chi connectivity index (χ1) is 15.1. The minimum absolute atomic E-state index is 0.200. The van der Waals surface area contributed by atoms with E-state index in [9.17, 15) is 14.4 Å². The second-order valence-electron chi connectivity index (χ2n) is 9.46. The van der Waals surface area contributed by atoms with E-state index in [-0.39, 0.29) is 22.9 Å². The molecule has 2 aromatic rings. The maximum absolute atomic E-state index is 13.0. The van der Waals surface area contributed by atoms with E-state index in [0.29, 0.717) is 26.2 Å². The molecule has 0 spiro atoms. The molecule has 0 radical (unpaired) electrons. The first kappa shape index (κ1) is 23.6. The van der Waals surface area contributed by atoms with E-state index in [1.54, 1.807) is 27.8 Å². The number of hydrogen-bond acceptors (Lipinski definition) is 4. The topological polar surface area (TPSA) is 80.6 Å². The molecule has 0 saturated carbocycles. The molecule has 1 aliphatic rings. The van der Waals surface area contributed by atoms with Crippen LogP contribution in [0.25, 0.3) is 0 Å². The van der Waals surface area contributed by atoms with Gasteiger partial charge in [-0.05, 0) is 64.2 Å². The number of aromatic nitrogens is 1. The number of alkyl carbamates (subject to hydrolysis) is 1. The molecule has 1 saturated heterocycles. The Morgan fingerprint density at radius 2 is 1.84 bits per heavy atom. The Balaban J connectivity index is 1.57. The highest BCUT2D eigenvalue weighted by Crippen LogP contribution is 2.18. The number of piperidine rings is 1. The molecule has 32 heavy (non-hydrogen) atoms. The summed E-state index contributed by atoms with van der Waals surface area (Å²) in [5.74, 6) is 0.0486. The standard InChI is InChI=1S/C25H33N3O4/c1-18-7-5-8-20(15-18)17-28-12-6-9-21(23(28)30)22(29)27-13-10-19(11-14-27)16-26-24(31)32-25(2,3)4/h5-9,12,15,19H,10-11,13-14,16-17H2,1-4H3,(H,26,31). The fourth-order valence-electron chi connectivity index (χ4n) is 3.88. The smallest absolute Gasteiger partial charge is 0.407 e. The monoisotopic (exact) mass is 439 g/mol. The number of likely N-dealkylation sites (tertiary alicyclic amines) is 1. The first-order valence-electron chi connectivity index (χ1n) is 11.1. The molecule has 172 valence electrons. The van der Waals surface area contributed by atoms with Gasteiger partial charge >= 0.3 is 6.09 Å². The molecule has 7 heteroatoms. The second-order valence-corrected chi connectivity index (χ2v) is 9.46. The number of ether oxygens (including phenoxy) is 1. The number of carbonyl (C=O) groups is 2. The van der Waals surface area contributed by atoms with Crippen molar-refractivity contribution in [3.05, 3.63) is 69.6 Å². The number of amides is 2. The Morgan fingerprint density at radius 1 is 1.12 bits per heavy atom. The highest BCUT2D eigenvalue weighted by molar-refractivity contribution is 5.93. The maximum atomic E-state index is 13.0. The normalized spacial score (nSPS) is 14.8. The molecule has 1 fully saturated rings. The van der Waals surface area contributed by atoms with Gasteiger partial charge in [-0.25, -0.2) is 4.79 Å². The lowest BCUT2D eigenvalue weighted by Crippen LogP contribution is -2.44. The fourth-order valence-corrected chi connectivity index (χ4v) is 3.88. The molecule has 1 aliphatic heterocycles. The minimum atomic E-state index is -0.526. The number of hydrogen-bond donors (Lipinski definition) is 1. The summed E-state index contributed by atoms with van der Waals surface area (Å²) in [6, 6.07) is 11.3. The van der Waals surface area contributed by atoms with Crippen molar-refractivity contribution in [2.24, 2.45) is 5.92 Å². The Hall–Kier alpha value is -3.09. The largest absolute Gasteiger partial charge is 0.444 e. The molecule has 1 aromatic heterocycles. The predicted octanol–water partition coefficient (Wildman–Crippen LogP) is 3.58. The Morgan fingerprint density at radius 3 is 2.50 bits per heavy atom. The Kier molecular flexibility index (Phi) is 7.38. The summed E-state index contributed by atoms with van der Waals surface area (Å²) in [6.07, 6.45) is 2.84. The molecule has 1 aromatic carbocycles. The SMILES string of the molecule is Cc1cccc(Cn2cccc(C(=O)N3CCC(CNC(=O)OC(C)(C)C)CC3)c2=O)c1. The summed E-state index contributed by atoms with van der Waals surface area (Å²) in [5.41, 5.74) is 1.56. The number of pyridine rings is 1. The van der Waals surface area contributed by atoms with Crippen LogP contribution in [-0.4, -0.2) is 46.7 Å². The van der Waals surface area contributed by atoms with Gasteiger partial charge in [-0.15, -0.1) is 0 Å². The Labute approximate surface area is 189 Å². The third-order valence-corrected chi connectivity index (χ3v) is 5.52. The van der Waals surface area contributed by atoms with Crippen LogP contribution < -0.4 is 10.9 Å². The van der Waals surface area contributed by atoms with Gasteiger partial charge in [-0.2, -0.15) is 0 Å². The molecule has 0 unspecified atom stereocenters. The van der Waals surface area contributed by atoms with E-state index < -0.39 is 11.7 Å². The van der Waals surface area contributed by atoms with E-state index in [2.05, 4.69) is 5.32 Å². The third kappa shape index (κ3) is 6.45. The van der Waals surface area contributed by atoms with Crippen LogP contribution in [0.2, 0.25) is 0 Å². The van der Waals surface area contributed by atoms with Crippen molar-refractivity contribution < 1.29 is 14.3 Å². The third-order valence-electron chi connectivity index (χ3n) is 5.52. The molecule has 7 nitrogen and oxygen atoms in total. The van der Waals surface area contributed by atoms with Crippen molar-refractivity contribution in [3.63, 3.8) is 0 Å². The van der Waals surface area contributed by atoms with Crippen molar-refractivity contribution in [2.75, 3.05) is 19.6 Å². The molecular formula is C25H33N3O4. The lowest BCUT2D eigenvalue weighted by atomic mass is 9.96. The fraction of sp³-hybridized carbons (Fsp3) is 0.480. The van der Waals surface area contributed by atoms with Crippen LogP contribution in [0.4, 0.5) is 4.79 Å². The zero-order valence-corrected chi connectivity index (χ0v) is 19.4. The molecule has 0 bridgehead atoms. The summed E-state index contributed by atoms with van der Waals surface area (Å²) in [5, 5.41) is 2.81. The van der Waals surface area contributed by atoms with Crippen molar-refractivity contribution in [1.29, 1.82) is 0 Å². The van der Waals surface area contributed by atoms with E-state index in [1.807, 2.05) is 52.0 Å². The number of benzene rings is 1. The number of nitrogens with one attached hydrogen (secondary N) is 1. The zero-order chi connectivity index (χ0) is 23.3. The van der Waals surface area contributed by atoms with Crippen molar-refractivity contribution in [1.82, 2.24) is 14.8 Å². The number of nitrogens with zero attached hydrogens (tertiary/aromatic N) is 2. The van der Waals surface area contributed by atoms with Gasteiger partial charge < -0.3 is 19.5 Å².